The maximum absolute atomic E-state index is 13.0. The molecule has 12 heteroatoms. The lowest BCUT2D eigenvalue weighted by molar-refractivity contribution is -0.365. The summed E-state index contributed by atoms with van der Waals surface area (Å²) in [6.07, 6.45) is -1.79. The molecule has 0 bridgehead atoms. The Morgan fingerprint density at radius 1 is 0.830 bits per heavy atom. The van der Waals surface area contributed by atoms with Crippen molar-refractivity contribution in [2.75, 3.05) is 13.2 Å². The van der Waals surface area contributed by atoms with Crippen LogP contribution in [0.5, 0.6) is 0 Å². The number of hydrogen-bond donors (Lipinski definition) is 7. The van der Waals surface area contributed by atoms with Crippen molar-refractivity contribution in [3.05, 3.63) is 11.6 Å². The summed E-state index contributed by atoms with van der Waals surface area (Å²) >= 11 is 0. The molecule has 0 aromatic rings. The van der Waals surface area contributed by atoms with Crippen molar-refractivity contribution in [2.24, 2.45) is 50.2 Å². The van der Waals surface area contributed by atoms with E-state index < -0.39 is 78.2 Å². The topological polar surface area (TPSA) is 196 Å². The highest BCUT2D eigenvalue weighted by Crippen LogP contribution is 2.76. The summed E-state index contributed by atoms with van der Waals surface area (Å²) in [4.78, 5) is 13.0. The van der Waals surface area contributed by atoms with E-state index in [-0.39, 0.29) is 46.7 Å². The Morgan fingerprint density at radius 3 is 2.21 bits per heavy atom. The first-order valence-corrected chi connectivity index (χ1v) is 20.2. The number of ether oxygens (including phenoxy) is 4. The molecule has 0 unspecified atom stereocenters. The fourth-order valence-electron chi connectivity index (χ4n) is 13.3. The minimum Gasteiger partial charge on any atom is -0.481 e. The van der Waals surface area contributed by atoms with Crippen molar-refractivity contribution >= 4 is 5.97 Å². The standard InChI is InChI=1S/C41H66O12/c1-21-28(44)30(46)31(47)33(51-21)53-32-29(45)24(43)19-50-34(32)52-27-11-12-37(4)25(38(27,5)20-42)10-13-40(7)26(37)9-8-22-23-18-36(2,3)14-16-41(23,35(48)49)17-15-39(22,40)6/h8,21,23-34,42-47H,9-20H2,1-7H3,(H,48,49)/t21-,23+,24+,25-,26-,27+,28-,29+,30+,31-,32-,33+,34-,37+,38+,39-,40-,41+/m1/s1. The third-order valence-corrected chi connectivity index (χ3v) is 17.0. The van der Waals surface area contributed by atoms with Gasteiger partial charge in [0.15, 0.2) is 12.6 Å². The van der Waals surface area contributed by atoms with Gasteiger partial charge in [0.05, 0.1) is 30.8 Å². The summed E-state index contributed by atoms with van der Waals surface area (Å²) in [5, 5.41) is 74.9. The molecule has 0 spiro atoms. The van der Waals surface area contributed by atoms with Gasteiger partial charge in [0, 0.05) is 5.41 Å². The normalized spacial score (nSPS) is 55.1. The molecule has 12 nitrogen and oxygen atoms in total. The van der Waals surface area contributed by atoms with Gasteiger partial charge in [0.1, 0.15) is 36.6 Å². The van der Waals surface area contributed by atoms with Crippen molar-refractivity contribution in [2.45, 2.75) is 174 Å². The van der Waals surface area contributed by atoms with E-state index in [1.165, 1.54) is 12.5 Å². The third kappa shape index (κ3) is 5.85. The number of carboxylic acid groups (broad SMARTS) is 1. The van der Waals surface area contributed by atoms with Crippen molar-refractivity contribution in [3.8, 4) is 0 Å². The van der Waals surface area contributed by atoms with Gasteiger partial charge >= 0.3 is 5.97 Å². The monoisotopic (exact) mass is 750 g/mol. The molecule has 5 aliphatic carbocycles. The van der Waals surface area contributed by atoms with E-state index in [9.17, 15) is 40.5 Å². The number of allylic oxidation sites excluding steroid dienone is 2. The zero-order chi connectivity index (χ0) is 38.7. The molecule has 6 fully saturated rings. The molecule has 0 aromatic heterocycles. The summed E-state index contributed by atoms with van der Waals surface area (Å²) in [7, 11) is 0. The minimum atomic E-state index is -1.62. The molecule has 4 saturated carbocycles. The molecule has 0 amide bonds. The van der Waals surface area contributed by atoms with Gasteiger partial charge < -0.3 is 54.7 Å². The molecule has 0 radical (unpaired) electrons. The van der Waals surface area contributed by atoms with Gasteiger partial charge in [0.25, 0.3) is 0 Å². The Hall–Kier alpha value is -1.19. The molecule has 2 saturated heterocycles. The lowest BCUT2D eigenvalue weighted by atomic mass is 9.33. The highest BCUT2D eigenvalue weighted by atomic mass is 16.8. The second-order valence-electron chi connectivity index (χ2n) is 20.0. The van der Waals surface area contributed by atoms with Crippen LogP contribution in [0.15, 0.2) is 11.6 Å². The van der Waals surface area contributed by atoms with Crippen molar-refractivity contribution in [3.63, 3.8) is 0 Å². The largest absolute Gasteiger partial charge is 0.481 e. The van der Waals surface area contributed by atoms with Gasteiger partial charge in [-0.2, -0.15) is 0 Å². The van der Waals surface area contributed by atoms with Crippen LogP contribution in [-0.2, 0) is 23.7 Å². The van der Waals surface area contributed by atoms with Gasteiger partial charge in [-0.05, 0) is 111 Å². The molecule has 53 heavy (non-hydrogen) atoms. The maximum atomic E-state index is 13.0. The van der Waals surface area contributed by atoms with Crippen LogP contribution in [0.3, 0.4) is 0 Å². The molecule has 2 heterocycles. The second kappa shape index (κ2) is 13.5. The van der Waals surface area contributed by atoms with E-state index in [0.717, 1.165) is 51.4 Å². The van der Waals surface area contributed by atoms with E-state index in [0.29, 0.717) is 18.8 Å². The highest BCUT2D eigenvalue weighted by Gasteiger charge is 2.70. The predicted octanol–water partition coefficient (Wildman–Crippen LogP) is 3.52. The minimum absolute atomic E-state index is 0.0360. The highest BCUT2D eigenvalue weighted by molar-refractivity contribution is 5.76. The fourth-order valence-corrected chi connectivity index (χ4v) is 13.3. The van der Waals surface area contributed by atoms with Gasteiger partial charge in [-0.3, -0.25) is 4.79 Å². The van der Waals surface area contributed by atoms with Gasteiger partial charge in [0.2, 0.25) is 0 Å². The molecule has 0 aromatic carbocycles. The predicted molar refractivity (Wildman–Crippen MR) is 192 cm³/mol. The maximum Gasteiger partial charge on any atom is 0.310 e. The average Bonchev–Trinajstić information content (AvgIpc) is 3.10. The summed E-state index contributed by atoms with van der Waals surface area (Å²) in [6, 6.07) is 0. The Kier molecular flexibility index (Phi) is 10.2. The van der Waals surface area contributed by atoms with Gasteiger partial charge in [-0.25, -0.2) is 0 Å². The fraction of sp³-hybridized carbons (Fsp3) is 0.927. The number of carbonyl (C=O) groups is 1. The molecule has 7 aliphatic rings. The zero-order valence-corrected chi connectivity index (χ0v) is 32.7. The molecule has 302 valence electrons. The van der Waals surface area contributed by atoms with Crippen LogP contribution < -0.4 is 0 Å². The number of aliphatic carboxylic acids is 1. The molecule has 2 aliphatic heterocycles. The number of rotatable bonds is 6. The number of hydrogen-bond acceptors (Lipinski definition) is 11. The number of carboxylic acids is 1. The SMILES string of the molecule is C[C@H]1O[C@@H](O[C@H]2[C@@H](O[C@H]3CC[C@@]4(C)[C@@H](CC[C@]5(C)[C@@H]4CC=C4[C@@H]6CC(C)(C)CC[C@]6(C(=O)O)CC[C@]45C)[C@]3(C)CO)OC[C@H](O)[C@@H]2O)[C@H](O)[C@@H](O)[C@@H]1O. The van der Waals surface area contributed by atoms with Crippen LogP contribution in [0.2, 0.25) is 0 Å². The first-order valence-electron chi connectivity index (χ1n) is 20.2. The van der Waals surface area contributed by atoms with Crippen LogP contribution in [0.25, 0.3) is 0 Å². The van der Waals surface area contributed by atoms with Crippen molar-refractivity contribution in [1.82, 2.24) is 0 Å². The van der Waals surface area contributed by atoms with E-state index in [1.807, 2.05) is 0 Å². The first kappa shape index (κ1) is 40.0. The number of fused-ring (bicyclic) bond motifs is 7. The van der Waals surface area contributed by atoms with Gasteiger partial charge in [-0.15, -0.1) is 0 Å². The lowest BCUT2D eigenvalue weighted by Crippen LogP contribution is -2.67. The lowest BCUT2D eigenvalue weighted by Gasteiger charge is -2.71. The smallest absolute Gasteiger partial charge is 0.310 e. The molecule has 18 atom stereocenters. The van der Waals surface area contributed by atoms with E-state index in [1.54, 1.807) is 0 Å². The Balaban J connectivity index is 1.15. The van der Waals surface area contributed by atoms with Crippen LogP contribution in [-0.4, -0.2) is 116 Å². The zero-order valence-electron chi connectivity index (χ0n) is 32.7. The summed E-state index contributed by atoms with van der Waals surface area (Å²) in [6.45, 7) is 15.1. The molecular weight excluding hydrogens is 684 g/mol. The average molecular weight is 751 g/mol. The van der Waals surface area contributed by atoms with Crippen LogP contribution in [0.4, 0.5) is 0 Å². The Bertz CT molecular complexity index is 1440. The number of aliphatic hydroxyl groups excluding tert-OH is 6. The summed E-state index contributed by atoms with van der Waals surface area (Å²) in [5.74, 6) is -0.194. The van der Waals surface area contributed by atoms with E-state index >= 15 is 0 Å². The van der Waals surface area contributed by atoms with E-state index in [4.69, 9.17) is 18.9 Å². The summed E-state index contributed by atoms with van der Waals surface area (Å²) < 4.78 is 24.3. The summed E-state index contributed by atoms with van der Waals surface area (Å²) in [5.41, 5.74) is -0.239. The van der Waals surface area contributed by atoms with Crippen LogP contribution in [0, 0.1) is 50.2 Å². The Morgan fingerprint density at radius 2 is 1.53 bits per heavy atom. The second-order valence-corrected chi connectivity index (χ2v) is 20.0. The van der Waals surface area contributed by atoms with Gasteiger partial charge in [-0.1, -0.05) is 53.2 Å². The number of aliphatic hydroxyl groups is 6. The van der Waals surface area contributed by atoms with Crippen LogP contribution in [0.1, 0.15) is 113 Å². The molecular formula is C41H66O12. The van der Waals surface area contributed by atoms with Crippen LogP contribution >= 0.6 is 0 Å². The Labute approximate surface area is 314 Å². The van der Waals surface area contributed by atoms with Crippen molar-refractivity contribution < 1.29 is 59.5 Å². The first-order chi connectivity index (χ1) is 24.7. The van der Waals surface area contributed by atoms with Crippen molar-refractivity contribution in [1.29, 1.82) is 0 Å². The quantitative estimate of drug-likeness (QED) is 0.155. The third-order valence-electron chi connectivity index (χ3n) is 17.0. The van der Waals surface area contributed by atoms with E-state index in [2.05, 4.69) is 47.6 Å². The molecule has 7 N–H and O–H groups in total. The molecule has 7 rings (SSSR count).